The number of anilines is 1. The third kappa shape index (κ3) is 5.00. The number of hydrogen-bond acceptors (Lipinski definition) is 3. The van der Waals surface area contributed by atoms with Crippen LogP contribution in [0, 0.1) is 0 Å². The van der Waals surface area contributed by atoms with Crippen molar-refractivity contribution in [2.45, 2.75) is 25.8 Å². The van der Waals surface area contributed by atoms with Gasteiger partial charge in [0.1, 0.15) is 5.75 Å². The van der Waals surface area contributed by atoms with Crippen LogP contribution in [0.5, 0.6) is 5.75 Å². The topological polar surface area (TPSA) is 70.7 Å². The summed E-state index contributed by atoms with van der Waals surface area (Å²) >= 11 is 0. The highest BCUT2D eigenvalue weighted by atomic mass is 16.5. The quantitative estimate of drug-likeness (QED) is 0.850. The van der Waals surface area contributed by atoms with Gasteiger partial charge >= 0.3 is 6.03 Å². The van der Waals surface area contributed by atoms with E-state index in [1.165, 1.54) is 0 Å². The number of ether oxygens (including phenoxy) is 1. The van der Waals surface area contributed by atoms with Crippen LogP contribution in [0.4, 0.5) is 10.5 Å². The SMILES string of the molecule is CCOc1ccccc1C(=O)N1CCC(NC(=O)Nc2ccccc2)CC1. The molecule has 1 aliphatic heterocycles. The number of carbonyl (C=O) groups excluding carboxylic acids is 2. The molecule has 27 heavy (non-hydrogen) atoms. The van der Waals surface area contributed by atoms with Crippen LogP contribution in [0.25, 0.3) is 0 Å². The van der Waals surface area contributed by atoms with Crippen LogP contribution in [0.3, 0.4) is 0 Å². The Balaban J connectivity index is 1.51. The summed E-state index contributed by atoms with van der Waals surface area (Å²) in [5.74, 6) is 0.596. The molecule has 1 heterocycles. The van der Waals surface area contributed by atoms with E-state index in [0.717, 1.165) is 18.5 Å². The van der Waals surface area contributed by atoms with Crippen LogP contribution in [-0.4, -0.2) is 42.6 Å². The van der Waals surface area contributed by atoms with E-state index in [9.17, 15) is 9.59 Å². The van der Waals surface area contributed by atoms with E-state index in [-0.39, 0.29) is 18.0 Å². The molecule has 3 rings (SSSR count). The van der Waals surface area contributed by atoms with Crippen molar-refractivity contribution in [3.63, 3.8) is 0 Å². The third-order valence-corrected chi connectivity index (χ3v) is 4.57. The summed E-state index contributed by atoms with van der Waals surface area (Å²) in [6.45, 7) is 3.64. The molecule has 2 aromatic rings. The fourth-order valence-corrected chi connectivity index (χ4v) is 3.20. The van der Waals surface area contributed by atoms with Crippen molar-refractivity contribution in [1.82, 2.24) is 10.2 Å². The van der Waals surface area contributed by atoms with E-state index in [1.807, 2.05) is 60.4 Å². The van der Waals surface area contributed by atoms with Gasteiger partial charge in [0.25, 0.3) is 5.91 Å². The van der Waals surface area contributed by atoms with E-state index in [2.05, 4.69) is 10.6 Å². The highest BCUT2D eigenvalue weighted by Gasteiger charge is 2.26. The summed E-state index contributed by atoms with van der Waals surface area (Å²) in [5.41, 5.74) is 1.35. The number of para-hydroxylation sites is 2. The third-order valence-electron chi connectivity index (χ3n) is 4.57. The Morgan fingerprint density at radius 2 is 1.70 bits per heavy atom. The summed E-state index contributed by atoms with van der Waals surface area (Å²) < 4.78 is 5.57. The predicted octanol–water partition coefficient (Wildman–Crippen LogP) is 3.51. The molecule has 6 nitrogen and oxygen atoms in total. The Bertz CT molecular complexity index is 771. The van der Waals surface area contributed by atoms with Crippen molar-refractivity contribution in [1.29, 1.82) is 0 Å². The van der Waals surface area contributed by atoms with E-state index in [4.69, 9.17) is 4.74 Å². The molecule has 1 fully saturated rings. The Kier molecular flexibility index (Phi) is 6.30. The molecule has 0 saturated carbocycles. The van der Waals surface area contributed by atoms with Crippen LogP contribution in [-0.2, 0) is 0 Å². The molecule has 142 valence electrons. The Morgan fingerprint density at radius 3 is 2.41 bits per heavy atom. The zero-order chi connectivity index (χ0) is 19.1. The zero-order valence-corrected chi connectivity index (χ0v) is 15.5. The zero-order valence-electron chi connectivity index (χ0n) is 15.5. The first-order valence-corrected chi connectivity index (χ1v) is 9.31. The lowest BCUT2D eigenvalue weighted by Crippen LogP contribution is -2.47. The molecule has 0 spiro atoms. The van der Waals surface area contributed by atoms with Gasteiger partial charge in [0, 0.05) is 24.8 Å². The molecule has 2 aromatic carbocycles. The van der Waals surface area contributed by atoms with Crippen molar-refractivity contribution in [2.75, 3.05) is 25.0 Å². The van der Waals surface area contributed by atoms with Crippen LogP contribution in [0.2, 0.25) is 0 Å². The molecular weight excluding hydrogens is 342 g/mol. The molecule has 0 aliphatic carbocycles. The lowest BCUT2D eigenvalue weighted by atomic mass is 10.0. The fraction of sp³-hybridized carbons (Fsp3) is 0.333. The minimum absolute atomic E-state index is 0.0220. The minimum Gasteiger partial charge on any atom is -0.493 e. The van der Waals surface area contributed by atoms with Gasteiger partial charge in [-0.1, -0.05) is 30.3 Å². The molecule has 0 unspecified atom stereocenters. The number of benzene rings is 2. The number of hydrogen-bond donors (Lipinski definition) is 2. The second-order valence-electron chi connectivity index (χ2n) is 6.46. The number of nitrogens with one attached hydrogen (secondary N) is 2. The van der Waals surface area contributed by atoms with Crippen molar-refractivity contribution >= 4 is 17.6 Å². The first-order valence-electron chi connectivity index (χ1n) is 9.31. The van der Waals surface area contributed by atoms with Crippen molar-refractivity contribution in [3.8, 4) is 5.75 Å². The Hall–Kier alpha value is -3.02. The number of likely N-dealkylation sites (tertiary alicyclic amines) is 1. The van der Waals surface area contributed by atoms with Crippen LogP contribution < -0.4 is 15.4 Å². The van der Waals surface area contributed by atoms with Crippen LogP contribution in [0.1, 0.15) is 30.1 Å². The second-order valence-corrected chi connectivity index (χ2v) is 6.46. The molecule has 0 radical (unpaired) electrons. The largest absolute Gasteiger partial charge is 0.493 e. The molecular formula is C21H25N3O3. The number of nitrogens with zero attached hydrogens (tertiary/aromatic N) is 1. The standard InChI is InChI=1S/C21H25N3O3/c1-2-27-19-11-7-6-10-18(19)20(25)24-14-12-17(13-15-24)23-21(26)22-16-8-4-3-5-9-16/h3-11,17H,2,12-15H2,1H3,(H2,22,23,26). The smallest absolute Gasteiger partial charge is 0.319 e. The summed E-state index contributed by atoms with van der Waals surface area (Å²) in [4.78, 5) is 26.8. The normalized spacial score (nSPS) is 14.5. The van der Waals surface area contributed by atoms with E-state index < -0.39 is 0 Å². The van der Waals surface area contributed by atoms with Gasteiger partial charge in [-0.25, -0.2) is 4.79 Å². The van der Waals surface area contributed by atoms with Crippen LogP contribution in [0.15, 0.2) is 54.6 Å². The molecule has 1 saturated heterocycles. The van der Waals surface area contributed by atoms with Gasteiger partial charge in [-0.3, -0.25) is 4.79 Å². The van der Waals surface area contributed by atoms with Crippen molar-refractivity contribution in [2.24, 2.45) is 0 Å². The molecule has 2 N–H and O–H groups in total. The molecule has 0 bridgehead atoms. The van der Waals surface area contributed by atoms with E-state index >= 15 is 0 Å². The fourth-order valence-electron chi connectivity index (χ4n) is 3.20. The number of urea groups is 1. The van der Waals surface area contributed by atoms with Gasteiger partial charge in [0.15, 0.2) is 0 Å². The number of carbonyl (C=O) groups is 2. The van der Waals surface area contributed by atoms with Gasteiger partial charge in [0.2, 0.25) is 0 Å². The first kappa shape index (κ1) is 18.8. The molecule has 0 aromatic heterocycles. The highest BCUT2D eigenvalue weighted by Crippen LogP contribution is 2.22. The summed E-state index contributed by atoms with van der Waals surface area (Å²) in [5, 5.41) is 5.81. The lowest BCUT2D eigenvalue weighted by Gasteiger charge is -2.32. The Labute approximate surface area is 159 Å². The van der Waals surface area contributed by atoms with Gasteiger partial charge in [-0.2, -0.15) is 0 Å². The van der Waals surface area contributed by atoms with E-state index in [0.29, 0.717) is 31.0 Å². The summed E-state index contributed by atoms with van der Waals surface area (Å²) in [6.07, 6.45) is 1.45. The second kappa shape index (κ2) is 9.07. The maximum absolute atomic E-state index is 12.8. The first-order chi connectivity index (χ1) is 13.2. The van der Waals surface area contributed by atoms with Crippen LogP contribution >= 0.6 is 0 Å². The molecule has 0 atom stereocenters. The minimum atomic E-state index is -0.215. The number of piperidine rings is 1. The average molecular weight is 367 g/mol. The van der Waals surface area contributed by atoms with E-state index in [1.54, 1.807) is 6.07 Å². The van der Waals surface area contributed by atoms with Gasteiger partial charge < -0.3 is 20.3 Å². The van der Waals surface area contributed by atoms with Gasteiger partial charge in [-0.15, -0.1) is 0 Å². The highest BCUT2D eigenvalue weighted by molar-refractivity contribution is 5.97. The monoisotopic (exact) mass is 367 g/mol. The maximum Gasteiger partial charge on any atom is 0.319 e. The number of rotatable bonds is 5. The lowest BCUT2D eigenvalue weighted by molar-refractivity contribution is 0.0704. The molecule has 3 amide bonds. The van der Waals surface area contributed by atoms with Gasteiger partial charge in [0.05, 0.1) is 12.2 Å². The average Bonchev–Trinajstić information content (AvgIpc) is 2.69. The predicted molar refractivity (Wildman–Crippen MR) is 105 cm³/mol. The summed E-state index contributed by atoms with van der Waals surface area (Å²) in [7, 11) is 0. The van der Waals surface area contributed by atoms with Crippen molar-refractivity contribution < 1.29 is 14.3 Å². The summed E-state index contributed by atoms with van der Waals surface area (Å²) in [6, 6.07) is 16.5. The van der Waals surface area contributed by atoms with Gasteiger partial charge in [-0.05, 0) is 44.0 Å². The van der Waals surface area contributed by atoms with Crippen molar-refractivity contribution in [3.05, 3.63) is 60.2 Å². The number of amides is 3. The molecule has 6 heteroatoms. The maximum atomic E-state index is 12.8. The molecule has 1 aliphatic rings. The Morgan fingerprint density at radius 1 is 1.04 bits per heavy atom.